The van der Waals surface area contributed by atoms with Gasteiger partial charge in [0.2, 0.25) is 0 Å². The smallest absolute Gasteiger partial charge is 0.0934 e. The van der Waals surface area contributed by atoms with E-state index in [9.17, 15) is 0 Å². The zero-order chi connectivity index (χ0) is 5.70. The fourth-order valence-corrected chi connectivity index (χ4v) is 0.167. The Labute approximate surface area is 42.5 Å². The molecule has 0 aliphatic heterocycles. The Morgan fingerprint density at radius 2 is 1.86 bits per heavy atom. The zero-order valence-corrected chi connectivity index (χ0v) is 3.96. The first-order valence-electron chi connectivity index (χ1n) is 1.87. The van der Waals surface area contributed by atoms with Crippen molar-refractivity contribution < 1.29 is 0 Å². The summed E-state index contributed by atoms with van der Waals surface area (Å²) in [6, 6.07) is 0. The van der Waals surface area contributed by atoms with Crippen LogP contribution < -0.4 is 17.2 Å². The van der Waals surface area contributed by atoms with Crippen molar-refractivity contribution in [2.75, 3.05) is 0 Å². The highest BCUT2D eigenvalue weighted by atomic mass is 14.8. The Kier molecular flexibility index (Phi) is 2.59. The van der Waals surface area contributed by atoms with Gasteiger partial charge in [-0.05, 0) is 18.4 Å². The minimum Gasteiger partial charge on any atom is -0.405 e. The first-order chi connectivity index (χ1) is 3.27. The molecule has 0 atom stereocenters. The zero-order valence-electron chi connectivity index (χ0n) is 3.96. The van der Waals surface area contributed by atoms with Gasteiger partial charge in [-0.25, -0.2) is 0 Å². The molecule has 0 heterocycles. The van der Waals surface area contributed by atoms with Crippen LogP contribution in [0.15, 0.2) is 24.2 Å². The van der Waals surface area contributed by atoms with Crippen LogP contribution in [0.4, 0.5) is 0 Å². The van der Waals surface area contributed by atoms with Crippen LogP contribution in [0.25, 0.3) is 0 Å². The maximum Gasteiger partial charge on any atom is 0.0934 e. The summed E-state index contributed by atoms with van der Waals surface area (Å²) in [7, 11) is 0. The lowest BCUT2D eigenvalue weighted by molar-refractivity contribution is 1.25. The second-order valence-corrected chi connectivity index (χ2v) is 1.05. The van der Waals surface area contributed by atoms with Crippen molar-refractivity contribution >= 4 is 0 Å². The van der Waals surface area contributed by atoms with Crippen molar-refractivity contribution in [1.82, 2.24) is 0 Å². The van der Waals surface area contributed by atoms with E-state index in [0.717, 1.165) is 0 Å². The topological polar surface area (TPSA) is 78.1 Å². The van der Waals surface area contributed by atoms with Gasteiger partial charge in [0, 0.05) is 0 Å². The molecule has 0 spiro atoms. The molecule has 0 aromatic carbocycles. The van der Waals surface area contributed by atoms with Crippen molar-refractivity contribution in [3.05, 3.63) is 24.2 Å². The lowest BCUT2D eigenvalue weighted by Crippen LogP contribution is -2.06. The van der Waals surface area contributed by atoms with Gasteiger partial charge in [-0.15, -0.1) is 0 Å². The molecule has 6 N–H and O–H groups in total. The molecule has 0 saturated carbocycles. The molecule has 3 heteroatoms. The molecule has 0 fully saturated rings. The Morgan fingerprint density at radius 1 is 1.29 bits per heavy atom. The van der Waals surface area contributed by atoms with E-state index in [-0.39, 0.29) is 5.82 Å². The van der Waals surface area contributed by atoms with Gasteiger partial charge in [0.25, 0.3) is 0 Å². The van der Waals surface area contributed by atoms with Crippen LogP contribution in [0.3, 0.4) is 0 Å². The summed E-state index contributed by atoms with van der Waals surface area (Å²) in [5.41, 5.74) is 15.0. The fourth-order valence-electron chi connectivity index (χ4n) is 0.167. The van der Waals surface area contributed by atoms with Gasteiger partial charge < -0.3 is 17.2 Å². The van der Waals surface area contributed by atoms with Gasteiger partial charge in [0.1, 0.15) is 0 Å². The lowest BCUT2D eigenvalue weighted by atomic mass is 10.5. The van der Waals surface area contributed by atoms with Gasteiger partial charge in [-0.3, -0.25) is 0 Å². The van der Waals surface area contributed by atoms with Crippen LogP contribution in [-0.2, 0) is 0 Å². The number of hydrogen-bond donors (Lipinski definition) is 3. The predicted molar refractivity (Wildman–Crippen MR) is 29.8 cm³/mol. The van der Waals surface area contributed by atoms with Gasteiger partial charge in [-0.1, -0.05) is 0 Å². The summed E-state index contributed by atoms with van der Waals surface area (Å²) in [6.07, 6.45) is 4.44. The number of rotatable bonds is 1. The van der Waals surface area contributed by atoms with E-state index in [2.05, 4.69) is 0 Å². The summed E-state index contributed by atoms with van der Waals surface area (Å²) >= 11 is 0. The second kappa shape index (κ2) is 3.08. The molecular weight excluding hydrogens is 90.1 g/mol. The Balaban J connectivity index is 3.46. The Bertz CT molecular complexity index is 89.1. The normalized spacial score (nSPS) is 9.14. The molecule has 0 aromatic rings. The van der Waals surface area contributed by atoms with Crippen molar-refractivity contribution in [3.63, 3.8) is 0 Å². The van der Waals surface area contributed by atoms with Crippen LogP contribution in [0, 0.1) is 0 Å². The van der Waals surface area contributed by atoms with Crippen LogP contribution in [-0.4, -0.2) is 0 Å². The highest BCUT2D eigenvalue weighted by Gasteiger charge is 1.65. The number of allylic oxidation sites excluding steroid dienone is 2. The molecule has 0 rings (SSSR count). The van der Waals surface area contributed by atoms with Crippen LogP contribution in [0.1, 0.15) is 0 Å². The third kappa shape index (κ3) is 4.88. The fraction of sp³-hybridized carbons (Fsp3) is 0. The van der Waals surface area contributed by atoms with Crippen LogP contribution in [0.5, 0.6) is 0 Å². The second-order valence-electron chi connectivity index (χ2n) is 1.05. The van der Waals surface area contributed by atoms with Crippen molar-refractivity contribution in [2.24, 2.45) is 17.2 Å². The molecule has 0 saturated heterocycles. The van der Waals surface area contributed by atoms with E-state index in [1.807, 2.05) is 0 Å². The number of nitrogens with two attached hydrogens (primary N) is 3. The molecule has 0 unspecified atom stereocenters. The van der Waals surface area contributed by atoms with Gasteiger partial charge in [0.15, 0.2) is 0 Å². The van der Waals surface area contributed by atoms with E-state index in [4.69, 9.17) is 17.2 Å². The van der Waals surface area contributed by atoms with E-state index in [0.29, 0.717) is 0 Å². The molecule has 0 aliphatic carbocycles. The highest BCUT2D eigenvalue weighted by Crippen LogP contribution is 1.69. The summed E-state index contributed by atoms with van der Waals surface area (Å²) in [5, 5.41) is 0. The first kappa shape index (κ1) is 5.88. The van der Waals surface area contributed by atoms with Crippen molar-refractivity contribution in [3.8, 4) is 0 Å². The van der Waals surface area contributed by atoms with Gasteiger partial charge >= 0.3 is 0 Å². The first-order valence-corrected chi connectivity index (χ1v) is 1.87. The Hall–Kier alpha value is -1.12. The molecule has 40 valence electrons. The summed E-state index contributed by atoms with van der Waals surface area (Å²) in [6.45, 7) is 0. The third-order valence-electron chi connectivity index (χ3n) is 0.400. The SMILES string of the molecule is N/C=C\C=C(N)N. The van der Waals surface area contributed by atoms with Gasteiger partial charge in [-0.2, -0.15) is 0 Å². The molecule has 0 amide bonds. The van der Waals surface area contributed by atoms with Gasteiger partial charge in [0.05, 0.1) is 5.82 Å². The minimum absolute atomic E-state index is 0.265. The summed E-state index contributed by atoms with van der Waals surface area (Å²) < 4.78 is 0. The van der Waals surface area contributed by atoms with E-state index in [1.54, 1.807) is 6.08 Å². The molecule has 0 bridgehead atoms. The van der Waals surface area contributed by atoms with E-state index in [1.165, 1.54) is 12.3 Å². The van der Waals surface area contributed by atoms with Crippen LogP contribution in [0.2, 0.25) is 0 Å². The number of hydrogen-bond acceptors (Lipinski definition) is 3. The average molecular weight is 99.1 g/mol. The van der Waals surface area contributed by atoms with Crippen LogP contribution >= 0.6 is 0 Å². The average Bonchev–Trinajstić information content (AvgIpc) is 1.61. The maximum absolute atomic E-state index is 5.01. The van der Waals surface area contributed by atoms with Crippen molar-refractivity contribution in [2.45, 2.75) is 0 Å². The molecule has 0 aliphatic rings. The Morgan fingerprint density at radius 3 is 2.00 bits per heavy atom. The maximum atomic E-state index is 5.01. The molecule has 7 heavy (non-hydrogen) atoms. The molecule has 3 nitrogen and oxygen atoms in total. The monoisotopic (exact) mass is 99.1 g/mol. The van der Waals surface area contributed by atoms with E-state index < -0.39 is 0 Å². The molecule has 0 radical (unpaired) electrons. The molecular formula is C4H9N3. The standard InChI is InChI=1S/C4H9N3/c5-3-1-2-4(6)7/h1-3H,5-7H2/b3-1-. The lowest BCUT2D eigenvalue weighted by Gasteiger charge is -1.81. The van der Waals surface area contributed by atoms with Crippen molar-refractivity contribution in [1.29, 1.82) is 0 Å². The third-order valence-corrected chi connectivity index (χ3v) is 0.400. The summed E-state index contributed by atoms with van der Waals surface area (Å²) in [5.74, 6) is 0.265. The quantitative estimate of drug-likeness (QED) is 0.377. The molecule has 0 aromatic heterocycles. The predicted octanol–water partition coefficient (Wildman–Crippen LogP) is -0.782. The van der Waals surface area contributed by atoms with E-state index >= 15 is 0 Å². The highest BCUT2D eigenvalue weighted by molar-refractivity contribution is 5.04. The largest absolute Gasteiger partial charge is 0.405 e. The summed E-state index contributed by atoms with van der Waals surface area (Å²) in [4.78, 5) is 0. The minimum atomic E-state index is 0.265.